The number of benzene rings is 2. The molecule has 0 unspecified atom stereocenters. The Kier molecular flexibility index (Phi) is 6.99. The summed E-state index contributed by atoms with van der Waals surface area (Å²) in [6.45, 7) is 5.30. The topological polar surface area (TPSA) is 57.2 Å². The van der Waals surface area contributed by atoms with Crippen LogP contribution in [0.25, 0.3) is 0 Å². The van der Waals surface area contributed by atoms with Gasteiger partial charge in [0.2, 0.25) is 0 Å². The maximum absolute atomic E-state index is 12.9. The summed E-state index contributed by atoms with van der Waals surface area (Å²) in [4.78, 5) is 14.7. The first-order valence-corrected chi connectivity index (χ1v) is 9.84. The molecule has 29 heavy (non-hydrogen) atoms. The number of carbonyl (C=O) groups is 1. The predicted octanol–water partition coefficient (Wildman–Crippen LogP) is 4.44. The van der Waals surface area contributed by atoms with Gasteiger partial charge in [-0.3, -0.25) is 4.90 Å². The molecule has 1 fully saturated rings. The molecule has 3 rings (SSSR count). The van der Waals surface area contributed by atoms with E-state index >= 15 is 0 Å². The Morgan fingerprint density at radius 1 is 1.10 bits per heavy atom. The molecule has 6 nitrogen and oxygen atoms in total. The van der Waals surface area contributed by atoms with Gasteiger partial charge in [0.1, 0.15) is 12.7 Å². The number of morpholine rings is 1. The maximum Gasteiger partial charge on any atom is 0.410 e. The monoisotopic (exact) mass is 399 g/mol. The van der Waals surface area contributed by atoms with Crippen LogP contribution < -0.4 is 9.47 Å². The highest BCUT2D eigenvalue weighted by molar-refractivity contribution is 5.68. The van der Waals surface area contributed by atoms with Crippen molar-refractivity contribution in [3.63, 3.8) is 0 Å². The Hall–Kier alpha value is -2.73. The Bertz CT molecular complexity index is 808. The van der Waals surface area contributed by atoms with Crippen LogP contribution in [0.1, 0.15) is 31.1 Å². The van der Waals surface area contributed by atoms with E-state index in [9.17, 15) is 4.79 Å². The molecule has 1 aliphatic rings. The molecule has 0 aliphatic carbocycles. The van der Waals surface area contributed by atoms with Gasteiger partial charge in [0, 0.05) is 0 Å². The Morgan fingerprint density at radius 2 is 1.83 bits per heavy atom. The van der Waals surface area contributed by atoms with Crippen molar-refractivity contribution in [2.24, 2.45) is 5.92 Å². The zero-order valence-corrected chi connectivity index (χ0v) is 17.5. The lowest BCUT2D eigenvalue weighted by molar-refractivity contribution is -0.0723. The third kappa shape index (κ3) is 5.01. The van der Waals surface area contributed by atoms with Gasteiger partial charge in [0.05, 0.1) is 33.4 Å². The van der Waals surface area contributed by atoms with E-state index < -0.39 is 0 Å². The highest BCUT2D eigenvalue weighted by Crippen LogP contribution is 2.34. The van der Waals surface area contributed by atoms with Crippen LogP contribution in [-0.4, -0.2) is 44.4 Å². The van der Waals surface area contributed by atoms with E-state index in [1.807, 2.05) is 48.5 Å². The zero-order chi connectivity index (χ0) is 20.8. The smallest absolute Gasteiger partial charge is 0.410 e. The minimum Gasteiger partial charge on any atom is -0.493 e. The van der Waals surface area contributed by atoms with Crippen LogP contribution in [0.15, 0.2) is 48.5 Å². The van der Waals surface area contributed by atoms with E-state index in [0.717, 1.165) is 11.1 Å². The molecule has 0 aromatic heterocycles. The fourth-order valence-electron chi connectivity index (χ4n) is 3.49. The normalized spacial score (nSPS) is 19.1. The van der Waals surface area contributed by atoms with E-state index in [4.69, 9.17) is 18.9 Å². The van der Waals surface area contributed by atoms with Gasteiger partial charge >= 0.3 is 6.09 Å². The van der Waals surface area contributed by atoms with Crippen molar-refractivity contribution >= 4 is 6.09 Å². The molecule has 1 amide bonds. The minimum absolute atomic E-state index is 0.0327. The van der Waals surface area contributed by atoms with Gasteiger partial charge in [-0.25, -0.2) is 4.79 Å². The number of methoxy groups -OCH3 is 2. The molecule has 6 heteroatoms. The van der Waals surface area contributed by atoms with Crippen molar-refractivity contribution in [2.45, 2.75) is 32.6 Å². The van der Waals surface area contributed by atoms with E-state index in [2.05, 4.69) is 13.8 Å². The SMILES string of the molecule is COc1ccc([C@@H]2CN(C(=O)OCc3ccccc3)[C@H](C(C)C)CO2)cc1OC. The highest BCUT2D eigenvalue weighted by Gasteiger charge is 2.36. The second kappa shape index (κ2) is 9.65. The van der Waals surface area contributed by atoms with Crippen LogP contribution in [0.2, 0.25) is 0 Å². The molecule has 0 N–H and O–H groups in total. The fourth-order valence-corrected chi connectivity index (χ4v) is 3.49. The molecule has 1 aliphatic heterocycles. The molecule has 1 saturated heterocycles. The summed E-state index contributed by atoms with van der Waals surface area (Å²) >= 11 is 0. The van der Waals surface area contributed by atoms with Crippen molar-refractivity contribution in [2.75, 3.05) is 27.4 Å². The summed E-state index contributed by atoms with van der Waals surface area (Å²) in [6, 6.07) is 15.3. The van der Waals surface area contributed by atoms with E-state index in [1.165, 1.54) is 0 Å². The van der Waals surface area contributed by atoms with E-state index in [1.54, 1.807) is 19.1 Å². The summed E-state index contributed by atoms with van der Waals surface area (Å²) in [5.41, 5.74) is 1.90. The third-order valence-corrected chi connectivity index (χ3v) is 5.22. The number of hydrogen-bond acceptors (Lipinski definition) is 5. The lowest BCUT2D eigenvalue weighted by Crippen LogP contribution is -2.52. The number of carbonyl (C=O) groups excluding carboxylic acids is 1. The van der Waals surface area contributed by atoms with Gasteiger partial charge in [0.25, 0.3) is 0 Å². The van der Waals surface area contributed by atoms with Gasteiger partial charge in [-0.15, -0.1) is 0 Å². The molecular formula is C23H29NO5. The molecule has 2 atom stereocenters. The number of rotatable bonds is 6. The first-order valence-electron chi connectivity index (χ1n) is 9.84. The second-order valence-electron chi connectivity index (χ2n) is 7.44. The lowest BCUT2D eigenvalue weighted by atomic mass is 9.99. The standard InChI is InChI=1S/C23H29NO5/c1-16(2)19-15-28-22(18-10-11-20(26-3)21(12-18)27-4)13-24(19)23(25)29-14-17-8-6-5-7-9-17/h5-12,16,19,22H,13-15H2,1-4H3/t19-,22-/m0/s1. The van der Waals surface area contributed by atoms with E-state index in [0.29, 0.717) is 24.7 Å². The molecule has 0 radical (unpaired) electrons. The first kappa shape index (κ1) is 21.0. The fraction of sp³-hybridized carbons (Fsp3) is 0.435. The number of ether oxygens (including phenoxy) is 4. The van der Waals surface area contributed by atoms with Crippen LogP contribution in [-0.2, 0) is 16.1 Å². The number of nitrogens with zero attached hydrogens (tertiary/aromatic N) is 1. The van der Waals surface area contributed by atoms with Crippen LogP contribution in [0.4, 0.5) is 4.79 Å². The summed E-state index contributed by atoms with van der Waals surface area (Å²) in [6.07, 6.45) is -0.574. The van der Waals surface area contributed by atoms with Gasteiger partial charge in [-0.1, -0.05) is 50.2 Å². The maximum atomic E-state index is 12.9. The average Bonchev–Trinajstić information content (AvgIpc) is 2.77. The summed E-state index contributed by atoms with van der Waals surface area (Å²) < 4.78 is 22.4. The van der Waals surface area contributed by atoms with Gasteiger partial charge < -0.3 is 18.9 Å². The van der Waals surface area contributed by atoms with Crippen molar-refractivity contribution in [1.82, 2.24) is 4.90 Å². The second-order valence-corrected chi connectivity index (χ2v) is 7.44. The molecule has 0 spiro atoms. The first-order chi connectivity index (χ1) is 14.0. The van der Waals surface area contributed by atoms with Gasteiger partial charge in [0.15, 0.2) is 11.5 Å². The van der Waals surface area contributed by atoms with Crippen molar-refractivity contribution in [1.29, 1.82) is 0 Å². The largest absolute Gasteiger partial charge is 0.493 e. The average molecular weight is 399 g/mol. The van der Waals surface area contributed by atoms with Crippen LogP contribution in [0, 0.1) is 5.92 Å². The van der Waals surface area contributed by atoms with Gasteiger partial charge in [-0.05, 0) is 29.2 Å². The zero-order valence-electron chi connectivity index (χ0n) is 17.5. The molecule has 2 aromatic carbocycles. The predicted molar refractivity (Wildman–Crippen MR) is 110 cm³/mol. The molecule has 0 bridgehead atoms. The number of amides is 1. The lowest BCUT2D eigenvalue weighted by Gasteiger charge is -2.41. The summed E-state index contributed by atoms with van der Waals surface area (Å²) in [5.74, 6) is 1.55. The molecule has 2 aromatic rings. The molecule has 156 valence electrons. The third-order valence-electron chi connectivity index (χ3n) is 5.22. The van der Waals surface area contributed by atoms with Crippen LogP contribution in [0.5, 0.6) is 11.5 Å². The van der Waals surface area contributed by atoms with Crippen molar-refractivity contribution in [3.05, 3.63) is 59.7 Å². The van der Waals surface area contributed by atoms with Gasteiger partial charge in [-0.2, -0.15) is 0 Å². The molecule has 1 heterocycles. The minimum atomic E-state index is -0.318. The molecule has 0 saturated carbocycles. The molecular weight excluding hydrogens is 370 g/mol. The highest BCUT2D eigenvalue weighted by atomic mass is 16.6. The van der Waals surface area contributed by atoms with Crippen molar-refractivity contribution < 1.29 is 23.7 Å². The summed E-state index contributed by atoms with van der Waals surface area (Å²) in [7, 11) is 3.21. The van der Waals surface area contributed by atoms with E-state index in [-0.39, 0.29) is 30.8 Å². The van der Waals surface area contributed by atoms with Crippen LogP contribution >= 0.6 is 0 Å². The Labute approximate surface area is 172 Å². The summed E-state index contributed by atoms with van der Waals surface area (Å²) in [5, 5.41) is 0. The Morgan fingerprint density at radius 3 is 2.48 bits per heavy atom. The quantitative estimate of drug-likeness (QED) is 0.719. The number of hydrogen-bond donors (Lipinski definition) is 0. The Balaban J connectivity index is 1.74. The van der Waals surface area contributed by atoms with Crippen molar-refractivity contribution in [3.8, 4) is 11.5 Å². The van der Waals surface area contributed by atoms with Crippen LogP contribution in [0.3, 0.4) is 0 Å².